The zero-order valence-electron chi connectivity index (χ0n) is 11.1. The Morgan fingerprint density at radius 2 is 2.05 bits per heavy atom. The van der Waals surface area contributed by atoms with Crippen LogP contribution in [0.25, 0.3) is 0 Å². The van der Waals surface area contributed by atoms with Crippen molar-refractivity contribution in [3.8, 4) is 0 Å². The molecule has 1 N–H and O–H groups in total. The molecule has 0 saturated carbocycles. The molecule has 0 saturated heterocycles. The third kappa shape index (κ3) is 2.81. The molecule has 0 amide bonds. The first-order chi connectivity index (χ1) is 9.00. The van der Waals surface area contributed by atoms with E-state index in [1.54, 1.807) is 13.0 Å². The molecular weight excluding hydrogens is 250 g/mol. The predicted molar refractivity (Wildman–Crippen MR) is 67.6 cm³/mol. The largest absolute Gasteiger partial charge is 0.361 e. The van der Waals surface area contributed by atoms with Crippen LogP contribution in [-0.2, 0) is 6.54 Å². The highest BCUT2D eigenvalue weighted by molar-refractivity contribution is 5.24. The summed E-state index contributed by atoms with van der Waals surface area (Å²) in [7, 11) is 0. The molecule has 3 nitrogen and oxygen atoms in total. The number of benzene rings is 1. The monoisotopic (exact) mass is 266 g/mol. The van der Waals surface area contributed by atoms with Gasteiger partial charge in [-0.1, -0.05) is 17.3 Å². The van der Waals surface area contributed by atoms with Gasteiger partial charge in [-0.25, -0.2) is 8.78 Å². The van der Waals surface area contributed by atoms with Crippen LogP contribution in [-0.4, -0.2) is 5.16 Å². The van der Waals surface area contributed by atoms with Crippen LogP contribution in [0.5, 0.6) is 0 Å². The molecule has 0 aliphatic carbocycles. The van der Waals surface area contributed by atoms with Gasteiger partial charge in [-0.3, -0.25) is 0 Å². The van der Waals surface area contributed by atoms with Crippen molar-refractivity contribution in [1.82, 2.24) is 10.5 Å². The Morgan fingerprint density at radius 3 is 2.68 bits per heavy atom. The van der Waals surface area contributed by atoms with E-state index in [0.717, 1.165) is 23.1 Å². The van der Waals surface area contributed by atoms with Gasteiger partial charge in [0.2, 0.25) is 0 Å². The van der Waals surface area contributed by atoms with E-state index in [4.69, 9.17) is 4.52 Å². The molecule has 0 aliphatic rings. The predicted octanol–water partition coefficient (Wildman–Crippen LogP) is 3.42. The summed E-state index contributed by atoms with van der Waals surface area (Å²) in [5.74, 6) is -0.901. The van der Waals surface area contributed by atoms with E-state index in [0.29, 0.717) is 12.1 Å². The van der Waals surface area contributed by atoms with Crippen molar-refractivity contribution in [3.63, 3.8) is 0 Å². The van der Waals surface area contributed by atoms with E-state index >= 15 is 0 Å². The van der Waals surface area contributed by atoms with Crippen molar-refractivity contribution in [2.45, 2.75) is 33.4 Å². The van der Waals surface area contributed by atoms with E-state index < -0.39 is 11.6 Å². The van der Waals surface area contributed by atoms with Crippen molar-refractivity contribution in [2.24, 2.45) is 0 Å². The van der Waals surface area contributed by atoms with E-state index in [2.05, 4.69) is 10.5 Å². The third-order valence-electron chi connectivity index (χ3n) is 3.21. The Balaban J connectivity index is 2.10. The van der Waals surface area contributed by atoms with Gasteiger partial charge < -0.3 is 9.84 Å². The van der Waals surface area contributed by atoms with Crippen LogP contribution in [0.3, 0.4) is 0 Å². The molecule has 2 aromatic rings. The van der Waals surface area contributed by atoms with Gasteiger partial charge in [0.15, 0.2) is 11.6 Å². The van der Waals surface area contributed by atoms with Crippen molar-refractivity contribution < 1.29 is 13.3 Å². The number of rotatable bonds is 4. The molecular formula is C14H16F2N2O. The SMILES string of the molecule is Cc1noc(C)c1CNC(C)c1cccc(F)c1F. The van der Waals surface area contributed by atoms with E-state index in [-0.39, 0.29) is 6.04 Å². The molecule has 102 valence electrons. The molecule has 19 heavy (non-hydrogen) atoms. The second-order valence-corrected chi connectivity index (χ2v) is 4.55. The van der Waals surface area contributed by atoms with Gasteiger partial charge in [-0.2, -0.15) is 0 Å². The van der Waals surface area contributed by atoms with Crippen LogP contribution in [0.2, 0.25) is 0 Å². The normalized spacial score (nSPS) is 12.7. The lowest BCUT2D eigenvalue weighted by Crippen LogP contribution is -2.20. The zero-order chi connectivity index (χ0) is 14.0. The lowest BCUT2D eigenvalue weighted by atomic mass is 10.1. The fourth-order valence-corrected chi connectivity index (χ4v) is 1.97. The average Bonchev–Trinajstić information content (AvgIpc) is 2.70. The van der Waals surface area contributed by atoms with Crippen LogP contribution >= 0.6 is 0 Å². The summed E-state index contributed by atoms with van der Waals surface area (Å²) in [5, 5.41) is 6.99. The van der Waals surface area contributed by atoms with Crippen molar-refractivity contribution >= 4 is 0 Å². The second kappa shape index (κ2) is 5.48. The summed E-state index contributed by atoms with van der Waals surface area (Å²) in [4.78, 5) is 0. The summed E-state index contributed by atoms with van der Waals surface area (Å²) >= 11 is 0. The molecule has 1 aromatic carbocycles. The maximum atomic E-state index is 13.6. The maximum Gasteiger partial charge on any atom is 0.163 e. The van der Waals surface area contributed by atoms with Crippen LogP contribution in [0, 0.1) is 25.5 Å². The summed E-state index contributed by atoms with van der Waals surface area (Å²) in [6.07, 6.45) is 0. The van der Waals surface area contributed by atoms with E-state index in [1.165, 1.54) is 6.07 Å². The highest BCUT2D eigenvalue weighted by Gasteiger charge is 2.15. The van der Waals surface area contributed by atoms with Crippen LogP contribution in [0.15, 0.2) is 22.7 Å². The molecule has 0 bridgehead atoms. The quantitative estimate of drug-likeness (QED) is 0.921. The number of aryl methyl sites for hydroxylation is 2. The summed E-state index contributed by atoms with van der Waals surface area (Å²) in [6.45, 7) is 5.96. The van der Waals surface area contributed by atoms with Crippen LogP contribution in [0.1, 0.15) is 35.5 Å². The molecule has 1 unspecified atom stereocenters. The fourth-order valence-electron chi connectivity index (χ4n) is 1.97. The number of nitrogens with zero attached hydrogens (tertiary/aromatic N) is 1. The minimum atomic E-state index is -0.830. The molecule has 1 aromatic heterocycles. The minimum Gasteiger partial charge on any atom is -0.361 e. The lowest BCUT2D eigenvalue weighted by Gasteiger charge is -2.15. The fraction of sp³-hybridized carbons (Fsp3) is 0.357. The summed E-state index contributed by atoms with van der Waals surface area (Å²) < 4.78 is 31.8. The number of aromatic nitrogens is 1. The molecule has 0 spiro atoms. The molecule has 1 heterocycles. The van der Waals surface area contributed by atoms with Crippen molar-refractivity contribution in [3.05, 3.63) is 52.4 Å². The summed E-state index contributed by atoms with van der Waals surface area (Å²) in [5.41, 5.74) is 2.06. The zero-order valence-corrected chi connectivity index (χ0v) is 11.1. The smallest absolute Gasteiger partial charge is 0.163 e. The average molecular weight is 266 g/mol. The van der Waals surface area contributed by atoms with Gasteiger partial charge in [0.1, 0.15) is 5.76 Å². The number of nitrogens with one attached hydrogen (secondary N) is 1. The topological polar surface area (TPSA) is 38.1 Å². The Kier molecular flexibility index (Phi) is 3.95. The van der Waals surface area contributed by atoms with Gasteiger partial charge >= 0.3 is 0 Å². The first kappa shape index (κ1) is 13.7. The van der Waals surface area contributed by atoms with Crippen LogP contribution in [0.4, 0.5) is 8.78 Å². The lowest BCUT2D eigenvalue weighted by molar-refractivity contribution is 0.391. The van der Waals surface area contributed by atoms with Gasteiger partial charge in [0.05, 0.1) is 5.69 Å². The van der Waals surface area contributed by atoms with E-state index in [9.17, 15) is 8.78 Å². The standard InChI is InChI=1S/C14H16F2N2O/c1-8(11-5-4-6-13(15)14(11)16)17-7-12-9(2)18-19-10(12)3/h4-6,8,17H,7H2,1-3H3. The molecule has 0 fully saturated rings. The Labute approximate surface area is 110 Å². The number of halogens is 2. The first-order valence-corrected chi connectivity index (χ1v) is 6.09. The number of hydrogen-bond acceptors (Lipinski definition) is 3. The van der Waals surface area contributed by atoms with Gasteiger partial charge in [-0.05, 0) is 26.8 Å². The Hall–Kier alpha value is -1.75. The number of hydrogen-bond donors (Lipinski definition) is 1. The molecule has 0 radical (unpaired) electrons. The molecule has 0 aliphatic heterocycles. The Morgan fingerprint density at radius 1 is 1.32 bits per heavy atom. The van der Waals surface area contributed by atoms with Crippen molar-refractivity contribution in [2.75, 3.05) is 0 Å². The second-order valence-electron chi connectivity index (χ2n) is 4.55. The minimum absolute atomic E-state index is 0.301. The van der Waals surface area contributed by atoms with Gasteiger partial charge in [-0.15, -0.1) is 0 Å². The molecule has 5 heteroatoms. The first-order valence-electron chi connectivity index (χ1n) is 6.09. The van der Waals surface area contributed by atoms with Crippen LogP contribution < -0.4 is 5.32 Å². The molecule has 1 atom stereocenters. The van der Waals surface area contributed by atoms with Gasteiger partial charge in [0.25, 0.3) is 0 Å². The molecule has 2 rings (SSSR count). The Bertz CT molecular complexity index is 561. The highest BCUT2D eigenvalue weighted by atomic mass is 19.2. The van der Waals surface area contributed by atoms with Gasteiger partial charge in [0, 0.05) is 23.7 Å². The maximum absolute atomic E-state index is 13.6. The summed E-state index contributed by atoms with van der Waals surface area (Å²) in [6, 6.07) is 3.88. The van der Waals surface area contributed by atoms with Crippen molar-refractivity contribution in [1.29, 1.82) is 0 Å². The van der Waals surface area contributed by atoms with E-state index in [1.807, 2.05) is 13.8 Å². The third-order valence-corrected chi connectivity index (χ3v) is 3.21. The highest BCUT2D eigenvalue weighted by Crippen LogP contribution is 2.20.